The van der Waals surface area contributed by atoms with Crippen LogP contribution in [0.3, 0.4) is 0 Å². The van der Waals surface area contributed by atoms with Gasteiger partial charge in [0, 0.05) is 39.3 Å². The fourth-order valence-corrected chi connectivity index (χ4v) is 3.01. The van der Waals surface area contributed by atoms with Crippen LogP contribution in [-0.2, 0) is 0 Å². The summed E-state index contributed by atoms with van der Waals surface area (Å²) in [5, 5.41) is 0. The third kappa shape index (κ3) is 3.34. The molecule has 2 aliphatic rings. The van der Waals surface area contributed by atoms with Gasteiger partial charge in [-0.15, -0.1) is 0 Å². The Bertz CT molecular complexity index is 464. The lowest BCUT2D eigenvalue weighted by Crippen LogP contribution is -2.47. The highest BCUT2D eigenvalue weighted by Crippen LogP contribution is 2.20. The summed E-state index contributed by atoms with van der Waals surface area (Å²) < 4.78 is 0. The van der Waals surface area contributed by atoms with Gasteiger partial charge >= 0.3 is 0 Å². The van der Waals surface area contributed by atoms with E-state index in [2.05, 4.69) is 36.6 Å². The Labute approximate surface area is 126 Å². The van der Waals surface area contributed by atoms with Gasteiger partial charge in [-0.1, -0.05) is 6.92 Å². The number of rotatable bonds is 3. The highest BCUT2D eigenvalue weighted by molar-refractivity contribution is 5.44. The number of nitrogen functional groups attached to an aromatic ring is 1. The van der Waals surface area contributed by atoms with Crippen molar-refractivity contribution in [3.05, 3.63) is 0 Å². The molecule has 3 rings (SSSR count). The van der Waals surface area contributed by atoms with Crippen LogP contribution in [0.25, 0.3) is 0 Å². The van der Waals surface area contributed by atoms with Crippen molar-refractivity contribution in [1.29, 1.82) is 0 Å². The lowest BCUT2D eigenvalue weighted by atomic mass is 10.1. The van der Waals surface area contributed by atoms with Gasteiger partial charge in [0.05, 0.1) is 0 Å². The van der Waals surface area contributed by atoms with Crippen molar-refractivity contribution < 1.29 is 0 Å². The van der Waals surface area contributed by atoms with Crippen LogP contribution < -0.4 is 15.5 Å². The maximum absolute atomic E-state index is 5.90. The van der Waals surface area contributed by atoms with E-state index in [1.54, 1.807) is 0 Å². The monoisotopic (exact) mass is 291 g/mol. The molecule has 7 nitrogen and oxygen atoms in total. The van der Waals surface area contributed by atoms with Crippen molar-refractivity contribution in [2.75, 3.05) is 61.3 Å². The molecule has 2 N–H and O–H groups in total. The van der Waals surface area contributed by atoms with Gasteiger partial charge in [0.25, 0.3) is 0 Å². The normalized spacial score (nSPS) is 20.8. The fraction of sp³-hybridized carbons (Fsp3) is 0.786. The molecule has 0 atom stereocenters. The van der Waals surface area contributed by atoms with Gasteiger partial charge in [-0.05, 0) is 25.8 Å². The molecule has 1 aromatic rings. The largest absolute Gasteiger partial charge is 0.368 e. The lowest BCUT2D eigenvalue weighted by Gasteiger charge is -2.34. The van der Waals surface area contributed by atoms with Gasteiger partial charge in [0.1, 0.15) is 0 Å². The number of nitrogens with zero attached hydrogens (tertiary/aromatic N) is 6. The van der Waals surface area contributed by atoms with Gasteiger partial charge < -0.3 is 20.4 Å². The number of likely N-dealkylation sites (N-methyl/N-ethyl adjacent to an activating group) is 1. The molecule has 7 heteroatoms. The van der Waals surface area contributed by atoms with Gasteiger partial charge in [-0.2, -0.15) is 15.0 Å². The standard InChI is InChI=1S/C14H25N7/c1-2-19-8-10-21(11-9-19)14-17-12(15)16-13(18-14)20-6-4-3-5-7-20/h2-11H2,1H3,(H2,15,16,17,18). The molecule has 0 aliphatic carbocycles. The minimum Gasteiger partial charge on any atom is -0.368 e. The van der Waals surface area contributed by atoms with E-state index in [1.807, 2.05) is 0 Å². The summed E-state index contributed by atoms with van der Waals surface area (Å²) in [4.78, 5) is 20.2. The van der Waals surface area contributed by atoms with Gasteiger partial charge in [-0.3, -0.25) is 0 Å². The van der Waals surface area contributed by atoms with Crippen molar-refractivity contribution in [3.8, 4) is 0 Å². The van der Waals surface area contributed by atoms with Crippen molar-refractivity contribution in [3.63, 3.8) is 0 Å². The predicted octanol–water partition coefficient (Wildman–Crippen LogP) is 0.586. The zero-order valence-electron chi connectivity index (χ0n) is 12.8. The molecule has 116 valence electrons. The molecule has 0 unspecified atom stereocenters. The molecule has 0 bridgehead atoms. The topological polar surface area (TPSA) is 74.4 Å². The molecule has 0 aromatic carbocycles. The minimum atomic E-state index is 0.332. The van der Waals surface area contributed by atoms with E-state index in [1.165, 1.54) is 19.3 Å². The second kappa shape index (κ2) is 6.43. The molecule has 0 radical (unpaired) electrons. The zero-order valence-corrected chi connectivity index (χ0v) is 12.8. The van der Waals surface area contributed by atoms with E-state index >= 15 is 0 Å². The number of piperazine rings is 1. The first-order chi connectivity index (χ1) is 10.3. The third-order valence-electron chi connectivity index (χ3n) is 4.37. The zero-order chi connectivity index (χ0) is 14.7. The van der Waals surface area contributed by atoms with Crippen LogP contribution in [0, 0.1) is 0 Å². The Morgan fingerprint density at radius 3 is 1.95 bits per heavy atom. The Balaban J connectivity index is 1.74. The molecular weight excluding hydrogens is 266 g/mol. The molecule has 0 saturated carbocycles. The summed E-state index contributed by atoms with van der Waals surface area (Å²) in [5.41, 5.74) is 5.90. The van der Waals surface area contributed by atoms with Gasteiger partial charge in [0.2, 0.25) is 17.8 Å². The number of hydrogen-bond acceptors (Lipinski definition) is 7. The van der Waals surface area contributed by atoms with E-state index < -0.39 is 0 Å². The molecule has 2 fully saturated rings. The quantitative estimate of drug-likeness (QED) is 0.873. The molecule has 21 heavy (non-hydrogen) atoms. The first-order valence-corrected chi connectivity index (χ1v) is 8.00. The van der Waals surface area contributed by atoms with Crippen molar-refractivity contribution in [2.24, 2.45) is 0 Å². The second-order valence-electron chi connectivity index (χ2n) is 5.76. The first kappa shape index (κ1) is 14.3. The van der Waals surface area contributed by atoms with Crippen LogP contribution in [0.2, 0.25) is 0 Å². The number of hydrogen-bond donors (Lipinski definition) is 1. The fourth-order valence-electron chi connectivity index (χ4n) is 3.01. The van der Waals surface area contributed by atoms with Crippen LogP contribution in [0.5, 0.6) is 0 Å². The first-order valence-electron chi connectivity index (χ1n) is 8.00. The van der Waals surface area contributed by atoms with Gasteiger partial charge in [0.15, 0.2) is 0 Å². The summed E-state index contributed by atoms with van der Waals surface area (Å²) in [6, 6.07) is 0. The third-order valence-corrected chi connectivity index (χ3v) is 4.37. The molecule has 2 saturated heterocycles. The average molecular weight is 291 g/mol. The summed E-state index contributed by atoms with van der Waals surface area (Å²) >= 11 is 0. The van der Waals surface area contributed by atoms with Crippen molar-refractivity contribution >= 4 is 17.8 Å². The lowest BCUT2D eigenvalue weighted by molar-refractivity contribution is 0.270. The number of aromatic nitrogens is 3. The Morgan fingerprint density at radius 2 is 1.38 bits per heavy atom. The second-order valence-corrected chi connectivity index (χ2v) is 5.76. The van der Waals surface area contributed by atoms with E-state index in [9.17, 15) is 0 Å². The van der Waals surface area contributed by atoms with Crippen LogP contribution >= 0.6 is 0 Å². The van der Waals surface area contributed by atoms with Gasteiger partial charge in [-0.25, -0.2) is 0 Å². The number of anilines is 3. The highest BCUT2D eigenvalue weighted by atomic mass is 15.4. The predicted molar refractivity (Wildman–Crippen MR) is 84.6 cm³/mol. The van der Waals surface area contributed by atoms with Crippen LogP contribution in [0.15, 0.2) is 0 Å². The van der Waals surface area contributed by atoms with Crippen molar-refractivity contribution in [2.45, 2.75) is 26.2 Å². The average Bonchev–Trinajstić information content (AvgIpc) is 2.55. The summed E-state index contributed by atoms with van der Waals surface area (Å²) in [6.07, 6.45) is 3.70. The van der Waals surface area contributed by atoms with Crippen LogP contribution in [0.1, 0.15) is 26.2 Å². The number of piperidine rings is 1. The molecule has 0 spiro atoms. The van der Waals surface area contributed by atoms with E-state index in [0.717, 1.165) is 57.7 Å². The minimum absolute atomic E-state index is 0.332. The van der Waals surface area contributed by atoms with E-state index in [4.69, 9.17) is 5.73 Å². The molecule has 1 aromatic heterocycles. The SMILES string of the molecule is CCN1CCN(c2nc(N)nc(N3CCCCC3)n2)CC1. The maximum atomic E-state index is 5.90. The van der Waals surface area contributed by atoms with Crippen LogP contribution in [0.4, 0.5) is 17.8 Å². The van der Waals surface area contributed by atoms with E-state index in [-0.39, 0.29) is 0 Å². The van der Waals surface area contributed by atoms with Crippen molar-refractivity contribution in [1.82, 2.24) is 19.9 Å². The molecule has 0 amide bonds. The molecule has 3 heterocycles. The number of nitrogens with two attached hydrogens (primary N) is 1. The summed E-state index contributed by atoms with van der Waals surface area (Å²) in [5.74, 6) is 1.81. The van der Waals surface area contributed by atoms with E-state index in [0.29, 0.717) is 5.95 Å². The molecule has 2 aliphatic heterocycles. The summed E-state index contributed by atoms with van der Waals surface area (Å²) in [6.45, 7) is 9.37. The Kier molecular flexibility index (Phi) is 4.38. The molecular formula is C14H25N7. The Hall–Kier alpha value is -1.63. The van der Waals surface area contributed by atoms with Crippen LogP contribution in [-0.4, -0.2) is 65.7 Å². The highest BCUT2D eigenvalue weighted by Gasteiger charge is 2.21. The smallest absolute Gasteiger partial charge is 0.232 e. The maximum Gasteiger partial charge on any atom is 0.232 e. The Morgan fingerprint density at radius 1 is 0.810 bits per heavy atom. The summed E-state index contributed by atoms with van der Waals surface area (Å²) in [7, 11) is 0.